The van der Waals surface area contributed by atoms with Crippen LogP contribution in [0.25, 0.3) is 5.82 Å². The molecule has 0 saturated carbocycles. The maximum absolute atomic E-state index is 6.00. The van der Waals surface area contributed by atoms with E-state index in [0.29, 0.717) is 13.1 Å². The Morgan fingerprint density at radius 2 is 1.97 bits per heavy atom. The highest BCUT2D eigenvalue weighted by Gasteiger charge is 2.09. The second-order valence-electron chi connectivity index (χ2n) is 6.63. The van der Waals surface area contributed by atoms with Crippen molar-refractivity contribution in [3.8, 4) is 17.3 Å². The highest BCUT2D eigenvalue weighted by atomic mass is 16.5. The predicted molar refractivity (Wildman–Crippen MR) is 117 cm³/mol. The van der Waals surface area contributed by atoms with Gasteiger partial charge in [-0.15, -0.1) is 0 Å². The Balaban J connectivity index is 1.59. The number of aromatic nitrogens is 3. The zero-order chi connectivity index (χ0) is 21.2. The number of rotatable bonds is 9. The van der Waals surface area contributed by atoms with Crippen molar-refractivity contribution in [2.24, 2.45) is 4.99 Å². The van der Waals surface area contributed by atoms with Crippen LogP contribution < -0.4 is 20.1 Å². The molecule has 3 rings (SSSR count). The first-order valence-electron chi connectivity index (χ1n) is 9.96. The fraction of sp³-hybridized carbons (Fsp3) is 0.318. The van der Waals surface area contributed by atoms with Crippen LogP contribution in [0.15, 0.2) is 66.0 Å². The molecule has 30 heavy (non-hydrogen) atoms. The van der Waals surface area contributed by atoms with Gasteiger partial charge in [0.05, 0.1) is 20.2 Å². The van der Waals surface area contributed by atoms with Gasteiger partial charge < -0.3 is 20.1 Å². The molecule has 1 unspecified atom stereocenters. The van der Waals surface area contributed by atoms with Crippen LogP contribution in [0.5, 0.6) is 11.5 Å². The number of para-hydroxylation sites is 2. The molecule has 0 radical (unpaired) electrons. The summed E-state index contributed by atoms with van der Waals surface area (Å²) < 4.78 is 13.1. The SMILES string of the molecule is CCNC(=NCc1ccnc(-n2cccn2)c1)NCC(C)Oc1ccccc1OC. The number of hydrogen-bond donors (Lipinski definition) is 2. The van der Waals surface area contributed by atoms with Gasteiger partial charge in [-0.3, -0.25) is 0 Å². The standard InChI is InChI=1S/C22H28N6O2/c1-4-23-22(25-15-17(2)30-20-9-6-5-8-19(20)29-3)26-16-18-10-12-24-21(14-18)28-13-7-11-27-28/h5-14,17H,4,15-16H2,1-3H3,(H2,23,25,26). The van der Waals surface area contributed by atoms with Crippen LogP contribution in [0.4, 0.5) is 0 Å². The summed E-state index contributed by atoms with van der Waals surface area (Å²) in [7, 11) is 1.64. The normalized spacial score (nSPS) is 12.3. The topological polar surface area (TPSA) is 85.6 Å². The van der Waals surface area contributed by atoms with Gasteiger partial charge in [-0.2, -0.15) is 5.10 Å². The lowest BCUT2D eigenvalue weighted by molar-refractivity contribution is 0.213. The van der Waals surface area contributed by atoms with Gasteiger partial charge in [0.2, 0.25) is 0 Å². The molecule has 3 aromatic rings. The summed E-state index contributed by atoms with van der Waals surface area (Å²) in [6, 6.07) is 13.4. The van der Waals surface area contributed by atoms with Crippen molar-refractivity contribution in [3.05, 3.63) is 66.6 Å². The highest BCUT2D eigenvalue weighted by molar-refractivity contribution is 5.79. The van der Waals surface area contributed by atoms with Crippen LogP contribution >= 0.6 is 0 Å². The average Bonchev–Trinajstić information content (AvgIpc) is 3.31. The molecule has 2 heterocycles. The third-order valence-corrected chi connectivity index (χ3v) is 4.27. The number of nitrogens with one attached hydrogen (secondary N) is 2. The number of hydrogen-bond acceptors (Lipinski definition) is 5. The van der Waals surface area contributed by atoms with Gasteiger partial charge in [0.15, 0.2) is 23.3 Å². The second-order valence-corrected chi connectivity index (χ2v) is 6.63. The first kappa shape index (κ1) is 21.2. The number of methoxy groups -OCH3 is 1. The molecule has 0 aliphatic carbocycles. The summed E-state index contributed by atoms with van der Waals surface area (Å²) in [5, 5.41) is 10.8. The second kappa shape index (κ2) is 10.8. The van der Waals surface area contributed by atoms with Crippen molar-refractivity contribution >= 4 is 5.96 Å². The van der Waals surface area contributed by atoms with Crippen LogP contribution in [0.3, 0.4) is 0 Å². The molecule has 1 atom stereocenters. The summed E-state index contributed by atoms with van der Waals surface area (Å²) in [6.45, 7) is 5.92. The minimum atomic E-state index is -0.0718. The number of ether oxygens (including phenoxy) is 2. The van der Waals surface area contributed by atoms with E-state index in [0.717, 1.165) is 35.4 Å². The molecule has 2 aromatic heterocycles. The molecule has 0 bridgehead atoms. The minimum Gasteiger partial charge on any atom is -0.493 e. The van der Waals surface area contributed by atoms with Crippen LogP contribution in [0, 0.1) is 0 Å². The third kappa shape index (κ3) is 5.97. The summed E-state index contributed by atoms with van der Waals surface area (Å²) >= 11 is 0. The van der Waals surface area contributed by atoms with E-state index in [-0.39, 0.29) is 6.10 Å². The van der Waals surface area contributed by atoms with Gasteiger partial charge in [-0.05, 0) is 49.7 Å². The summed E-state index contributed by atoms with van der Waals surface area (Å²) in [5.74, 6) is 2.93. The van der Waals surface area contributed by atoms with Crippen molar-refractivity contribution < 1.29 is 9.47 Å². The molecular weight excluding hydrogens is 380 g/mol. The van der Waals surface area contributed by atoms with Gasteiger partial charge in [-0.25, -0.2) is 14.7 Å². The summed E-state index contributed by atoms with van der Waals surface area (Å²) in [5.41, 5.74) is 1.05. The van der Waals surface area contributed by atoms with E-state index in [9.17, 15) is 0 Å². The summed E-state index contributed by atoms with van der Waals surface area (Å²) in [4.78, 5) is 9.03. The monoisotopic (exact) mass is 408 g/mol. The Morgan fingerprint density at radius 1 is 1.13 bits per heavy atom. The molecule has 0 spiro atoms. The Bertz CT molecular complexity index is 942. The van der Waals surface area contributed by atoms with Crippen LogP contribution in [-0.2, 0) is 6.54 Å². The number of guanidine groups is 1. The molecule has 0 saturated heterocycles. The summed E-state index contributed by atoms with van der Waals surface area (Å²) in [6.07, 6.45) is 5.29. The van der Waals surface area contributed by atoms with Gasteiger partial charge in [0.25, 0.3) is 0 Å². The first-order chi connectivity index (χ1) is 14.7. The lowest BCUT2D eigenvalue weighted by atomic mass is 10.2. The average molecular weight is 409 g/mol. The van der Waals surface area contributed by atoms with Gasteiger partial charge in [-0.1, -0.05) is 12.1 Å². The van der Waals surface area contributed by atoms with E-state index in [1.807, 2.05) is 62.5 Å². The van der Waals surface area contributed by atoms with Crippen molar-refractivity contribution in [2.75, 3.05) is 20.2 Å². The zero-order valence-corrected chi connectivity index (χ0v) is 17.6. The minimum absolute atomic E-state index is 0.0718. The highest BCUT2D eigenvalue weighted by Crippen LogP contribution is 2.26. The Morgan fingerprint density at radius 3 is 2.70 bits per heavy atom. The van der Waals surface area contributed by atoms with Gasteiger partial charge in [0.1, 0.15) is 6.10 Å². The number of pyridine rings is 1. The molecule has 1 aromatic carbocycles. The maximum Gasteiger partial charge on any atom is 0.191 e. The van der Waals surface area contributed by atoms with Gasteiger partial charge in [0, 0.05) is 25.1 Å². The van der Waals surface area contributed by atoms with Crippen molar-refractivity contribution in [1.29, 1.82) is 0 Å². The van der Waals surface area contributed by atoms with Crippen molar-refractivity contribution in [1.82, 2.24) is 25.4 Å². The molecule has 8 heteroatoms. The van der Waals surface area contributed by atoms with Crippen LogP contribution in [0.2, 0.25) is 0 Å². The first-order valence-corrected chi connectivity index (χ1v) is 9.96. The van der Waals surface area contributed by atoms with E-state index in [2.05, 4.69) is 25.7 Å². The smallest absolute Gasteiger partial charge is 0.191 e. The van der Waals surface area contributed by atoms with E-state index in [1.54, 1.807) is 24.2 Å². The van der Waals surface area contributed by atoms with Crippen molar-refractivity contribution in [2.45, 2.75) is 26.5 Å². The lowest BCUT2D eigenvalue weighted by Crippen LogP contribution is -2.41. The lowest BCUT2D eigenvalue weighted by Gasteiger charge is -2.19. The van der Waals surface area contributed by atoms with Gasteiger partial charge >= 0.3 is 0 Å². The largest absolute Gasteiger partial charge is 0.493 e. The predicted octanol–water partition coefficient (Wildman–Crippen LogP) is 2.80. The third-order valence-electron chi connectivity index (χ3n) is 4.27. The molecular formula is C22H28N6O2. The molecule has 0 amide bonds. The van der Waals surface area contributed by atoms with Crippen LogP contribution in [-0.4, -0.2) is 47.0 Å². The zero-order valence-electron chi connectivity index (χ0n) is 17.6. The molecule has 158 valence electrons. The Hall–Kier alpha value is -3.55. The fourth-order valence-electron chi connectivity index (χ4n) is 2.82. The molecule has 8 nitrogen and oxygen atoms in total. The number of nitrogens with zero attached hydrogens (tertiary/aromatic N) is 4. The number of benzene rings is 1. The van der Waals surface area contributed by atoms with E-state index >= 15 is 0 Å². The van der Waals surface area contributed by atoms with E-state index < -0.39 is 0 Å². The number of aliphatic imine (C=N–C) groups is 1. The van der Waals surface area contributed by atoms with Crippen LogP contribution in [0.1, 0.15) is 19.4 Å². The Kier molecular flexibility index (Phi) is 7.65. The maximum atomic E-state index is 6.00. The molecule has 0 aliphatic rings. The fourth-order valence-corrected chi connectivity index (χ4v) is 2.82. The molecule has 0 fully saturated rings. The molecule has 2 N–H and O–H groups in total. The van der Waals surface area contributed by atoms with E-state index in [1.165, 1.54) is 0 Å². The molecule has 0 aliphatic heterocycles. The van der Waals surface area contributed by atoms with Crippen molar-refractivity contribution in [3.63, 3.8) is 0 Å². The Labute approximate surface area is 177 Å². The quantitative estimate of drug-likeness (QED) is 0.418. The van der Waals surface area contributed by atoms with E-state index in [4.69, 9.17) is 9.47 Å².